The number of pyridine rings is 2. The third kappa shape index (κ3) is 3.26. The molecule has 3 heterocycles. The third-order valence-corrected chi connectivity index (χ3v) is 2.83. The highest BCUT2D eigenvalue weighted by Gasteiger charge is 2.06. The first-order valence-corrected chi connectivity index (χ1v) is 6.58. The highest BCUT2D eigenvalue weighted by atomic mass is 16.5. The minimum Gasteiger partial charge on any atom is -0.360 e. The zero-order valence-electron chi connectivity index (χ0n) is 11.8. The number of amides is 1. The summed E-state index contributed by atoms with van der Waals surface area (Å²) in [5.74, 6) is 1.66. The number of carbonyl (C=O) groups is 1. The molecule has 0 unspecified atom stereocenters. The molecule has 0 aromatic carbocycles. The molecule has 0 atom stereocenters. The molecular formula is C15H13N5O2. The van der Waals surface area contributed by atoms with Gasteiger partial charge in [-0.3, -0.25) is 9.78 Å². The quantitative estimate of drug-likeness (QED) is 0.768. The maximum atomic E-state index is 12.0. The number of nitrogens with one attached hydrogen (secondary N) is 2. The van der Waals surface area contributed by atoms with Crippen molar-refractivity contribution in [2.75, 3.05) is 10.6 Å². The van der Waals surface area contributed by atoms with Gasteiger partial charge in [0.2, 0.25) is 0 Å². The van der Waals surface area contributed by atoms with Crippen molar-refractivity contribution in [1.82, 2.24) is 15.1 Å². The predicted octanol–water partition coefficient (Wildman–Crippen LogP) is 2.77. The maximum Gasteiger partial charge on any atom is 0.257 e. The van der Waals surface area contributed by atoms with E-state index in [0.717, 1.165) is 0 Å². The van der Waals surface area contributed by atoms with Crippen LogP contribution in [-0.2, 0) is 0 Å². The fourth-order valence-electron chi connectivity index (χ4n) is 1.80. The van der Waals surface area contributed by atoms with E-state index in [0.29, 0.717) is 28.6 Å². The number of aromatic nitrogens is 3. The summed E-state index contributed by atoms with van der Waals surface area (Å²) >= 11 is 0. The van der Waals surface area contributed by atoms with Crippen molar-refractivity contribution in [1.29, 1.82) is 0 Å². The molecule has 0 spiro atoms. The summed E-state index contributed by atoms with van der Waals surface area (Å²) in [6.45, 7) is 1.81. The van der Waals surface area contributed by atoms with Gasteiger partial charge in [0.1, 0.15) is 11.6 Å². The van der Waals surface area contributed by atoms with Gasteiger partial charge in [-0.2, -0.15) is 0 Å². The van der Waals surface area contributed by atoms with E-state index in [9.17, 15) is 4.79 Å². The van der Waals surface area contributed by atoms with Crippen LogP contribution in [0, 0.1) is 6.92 Å². The van der Waals surface area contributed by atoms with Gasteiger partial charge in [0.15, 0.2) is 5.82 Å². The van der Waals surface area contributed by atoms with E-state index in [-0.39, 0.29) is 5.91 Å². The van der Waals surface area contributed by atoms with E-state index in [1.54, 1.807) is 42.7 Å². The van der Waals surface area contributed by atoms with E-state index < -0.39 is 0 Å². The summed E-state index contributed by atoms with van der Waals surface area (Å²) in [5, 5.41) is 9.57. The SMILES string of the molecule is Cc1cc(Nc2ccc(NC(=O)c3cccnc3)cn2)no1. The molecule has 0 aliphatic carbocycles. The lowest BCUT2D eigenvalue weighted by molar-refractivity contribution is 0.102. The largest absolute Gasteiger partial charge is 0.360 e. The zero-order chi connectivity index (χ0) is 15.4. The molecule has 7 nitrogen and oxygen atoms in total. The lowest BCUT2D eigenvalue weighted by Crippen LogP contribution is -2.12. The topological polar surface area (TPSA) is 92.9 Å². The van der Waals surface area contributed by atoms with Gasteiger partial charge in [-0.15, -0.1) is 0 Å². The van der Waals surface area contributed by atoms with Crippen LogP contribution in [0.2, 0.25) is 0 Å². The summed E-state index contributed by atoms with van der Waals surface area (Å²) in [6.07, 6.45) is 4.68. The van der Waals surface area contributed by atoms with Crippen LogP contribution in [0.3, 0.4) is 0 Å². The van der Waals surface area contributed by atoms with Crippen molar-refractivity contribution in [3.63, 3.8) is 0 Å². The van der Waals surface area contributed by atoms with Crippen LogP contribution in [0.5, 0.6) is 0 Å². The number of anilines is 3. The molecule has 0 radical (unpaired) electrons. The van der Waals surface area contributed by atoms with Crippen molar-refractivity contribution in [3.05, 3.63) is 60.2 Å². The number of hydrogen-bond donors (Lipinski definition) is 2. The van der Waals surface area contributed by atoms with Crippen molar-refractivity contribution in [3.8, 4) is 0 Å². The van der Waals surface area contributed by atoms with Crippen LogP contribution in [0.15, 0.2) is 53.4 Å². The van der Waals surface area contributed by atoms with Crippen molar-refractivity contribution in [2.45, 2.75) is 6.92 Å². The first-order valence-electron chi connectivity index (χ1n) is 6.58. The van der Waals surface area contributed by atoms with Gasteiger partial charge in [0.05, 0.1) is 17.4 Å². The average molecular weight is 295 g/mol. The van der Waals surface area contributed by atoms with Gasteiger partial charge in [-0.25, -0.2) is 4.98 Å². The second-order valence-electron chi connectivity index (χ2n) is 4.58. The normalized spacial score (nSPS) is 10.2. The lowest BCUT2D eigenvalue weighted by Gasteiger charge is -2.06. The molecule has 3 aromatic heterocycles. The van der Waals surface area contributed by atoms with Crippen molar-refractivity contribution >= 4 is 23.2 Å². The molecule has 0 saturated heterocycles. The maximum absolute atomic E-state index is 12.0. The van der Waals surface area contributed by atoms with Gasteiger partial charge >= 0.3 is 0 Å². The summed E-state index contributed by atoms with van der Waals surface area (Å²) in [6, 6.07) is 8.65. The Morgan fingerprint density at radius 1 is 1.18 bits per heavy atom. The van der Waals surface area contributed by atoms with E-state index in [1.165, 1.54) is 6.20 Å². The second kappa shape index (κ2) is 6.04. The van der Waals surface area contributed by atoms with Crippen molar-refractivity contribution < 1.29 is 9.32 Å². The first-order chi connectivity index (χ1) is 10.7. The molecule has 0 aliphatic rings. The Morgan fingerprint density at radius 3 is 2.73 bits per heavy atom. The molecular weight excluding hydrogens is 282 g/mol. The van der Waals surface area contributed by atoms with Gasteiger partial charge < -0.3 is 15.2 Å². The van der Waals surface area contributed by atoms with E-state index in [2.05, 4.69) is 25.8 Å². The second-order valence-corrected chi connectivity index (χ2v) is 4.58. The Balaban J connectivity index is 1.65. The molecule has 110 valence electrons. The van der Waals surface area contributed by atoms with E-state index in [1.807, 2.05) is 6.92 Å². The number of carbonyl (C=O) groups excluding carboxylic acids is 1. The number of aryl methyl sites for hydroxylation is 1. The minimum absolute atomic E-state index is 0.234. The molecule has 3 aromatic rings. The Bertz CT molecular complexity index is 768. The van der Waals surface area contributed by atoms with Gasteiger partial charge in [-0.05, 0) is 31.2 Å². The fourth-order valence-corrected chi connectivity index (χ4v) is 1.80. The smallest absolute Gasteiger partial charge is 0.257 e. The molecule has 3 rings (SSSR count). The van der Waals surface area contributed by atoms with Crippen molar-refractivity contribution in [2.24, 2.45) is 0 Å². The molecule has 0 bridgehead atoms. The van der Waals surface area contributed by atoms with Crippen LogP contribution in [0.25, 0.3) is 0 Å². The number of nitrogens with zero attached hydrogens (tertiary/aromatic N) is 3. The summed E-state index contributed by atoms with van der Waals surface area (Å²) in [4.78, 5) is 20.1. The molecule has 0 fully saturated rings. The van der Waals surface area contributed by atoms with Crippen LogP contribution < -0.4 is 10.6 Å². The summed E-state index contributed by atoms with van der Waals surface area (Å²) < 4.78 is 4.96. The highest BCUT2D eigenvalue weighted by molar-refractivity contribution is 6.03. The van der Waals surface area contributed by atoms with Crippen LogP contribution in [0.4, 0.5) is 17.3 Å². The monoisotopic (exact) mass is 295 g/mol. The lowest BCUT2D eigenvalue weighted by atomic mass is 10.2. The standard InChI is InChI=1S/C15H13N5O2/c1-10-7-14(20-22-10)19-13-5-4-12(9-17-13)18-15(21)11-3-2-6-16-8-11/h2-9H,1H3,(H,18,21)(H,17,19,20). The van der Waals surface area contributed by atoms with Crippen LogP contribution in [0.1, 0.15) is 16.1 Å². The molecule has 22 heavy (non-hydrogen) atoms. The fraction of sp³-hybridized carbons (Fsp3) is 0.0667. The molecule has 7 heteroatoms. The summed E-state index contributed by atoms with van der Waals surface area (Å²) in [5.41, 5.74) is 1.08. The van der Waals surface area contributed by atoms with Crippen LogP contribution in [-0.4, -0.2) is 21.0 Å². The Labute approximate surface area is 126 Å². The Morgan fingerprint density at radius 2 is 2.09 bits per heavy atom. The number of rotatable bonds is 4. The number of hydrogen-bond acceptors (Lipinski definition) is 6. The Hall–Kier alpha value is -3.22. The summed E-state index contributed by atoms with van der Waals surface area (Å²) in [7, 11) is 0. The Kier molecular flexibility index (Phi) is 3.78. The zero-order valence-corrected chi connectivity index (χ0v) is 11.8. The average Bonchev–Trinajstić information content (AvgIpc) is 2.95. The van der Waals surface area contributed by atoms with Crippen LogP contribution >= 0.6 is 0 Å². The minimum atomic E-state index is -0.234. The molecule has 2 N–H and O–H groups in total. The van der Waals surface area contributed by atoms with Gasteiger partial charge in [0, 0.05) is 18.5 Å². The predicted molar refractivity (Wildman–Crippen MR) is 80.9 cm³/mol. The van der Waals surface area contributed by atoms with E-state index in [4.69, 9.17) is 4.52 Å². The third-order valence-electron chi connectivity index (χ3n) is 2.83. The molecule has 0 saturated carbocycles. The van der Waals surface area contributed by atoms with Gasteiger partial charge in [-0.1, -0.05) is 5.16 Å². The first kappa shape index (κ1) is 13.7. The van der Waals surface area contributed by atoms with Gasteiger partial charge in [0.25, 0.3) is 5.91 Å². The molecule has 1 amide bonds. The molecule has 0 aliphatic heterocycles. The highest BCUT2D eigenvalue weighted by Crippen LogP contribution is 2.16. The van der Waals surface area contributed by atoms with E-state index >= 15 is 0 Å².